The Kier molecular flexibility index (Phi) is 5.52. The van der Waals surface area contributed by atoms with Crippen LogP contribution in [0.5, 0.6) is 5.19 Å². The molecule has 0 aliphatic carbocycles. The van der Waals surface area contributed by atoms with Gasteiger partial charge in [-0.15, -0.1) is 21.5 Å². The van der Waals surface area contributed by atoms with E-state index in [9.17, 15) is 4.79 Å². The van der Waals surface area contributed by atoms with E-state index in [1.54, 1.807) is 6.20 Å². The second-order valence-electron chi connectivity index (χ2n) is 5.27. The molecular formula is C14H19N5O2S2. The van der Waals surface area contributed by atoms with Crippen molar-refractivity contribution in [3.63, 3.8) is 0 Å². The summed E-state index contributed by atoms with van der Waals surface area (Å²) < 4.78 is 5.34. The lowest BCUT2D eigenvalue weighted by Crippen LogP contribution is -2.37. The molecule has 0 atom stereocenters. The lowest BCUT2D eigenvalue weighted by atomic mass is 9.96. The van der Waals surface area contributed by atoms with Crippen LogP contribution in [0.3, 0.4) is 0 Å². The van der Waals surface area contributed by atoms with Gasteiger partial charge in [-0.3, -0.25) is 9.69 Å². The predicted octanol–water partition coefficient (Wildman–Crippen LogP) is 2.24. The number of aromatic nitrogens is 3. The molecule has 2 aromatic rings. The molecule has 124 valence electrons. The molecule has 0 saturated carbocycles. The summed E-state index contributed by atoms with van der Waals surface area (Å²) in [4.78, 5) is 18.6. The third-order valence-electron chi connectivity index (χ3n) is 3.70. The van der Waals surface area contributed by atoms with Gasteiger partial charge in [0.15, 0.2) is 5.13 Å². The monoisotopic (exact) mass is 353 g/mol. The van der Waals surface area contributed by atoms with Crippen LogP contribution in [0, 0.1) is 5.92 Å². The number of anilines is 1. The summed E-state index contributed by atoms with van der Waals surface area (Å²) in [5.41, 5.74) is 0. The van der Waals surface area contributed by atoms with Crippen molar-refractivity contribution in [3.05, 3.63) is 16.6 Å². The largest absolute Gasteiger partial charge is 0.469 e. The van der Waals surface area contributed by atoms with Gasteiger partial charge in [0.2, 0.25) is 5.91 Å². The van der Waals surface area contributed by atoms with Crippen LogP contribution >= 0.6 is 22.7 Å². The zero-order valence-electron chi connectivity index (χ0n) is 12.9. The maximum Gasteiger partial charge on any atom is 0.294 e. The lowest BCUT2D eigenvalue weighted by molar-refractivity contribution is -0.121. The summed E-state index contributed by atoms with van der Waals surface area (Å²) in [6, 6.07) is 0. The van der Waals surface area contributed by atoms with Gasteiger partial charge in [-0.2, -0.15) is 0 Å². The van der Waals surface area contributed by atoms with E-state index in [1.165, 1.54) is 22.7 Å². The maximum absolute atomic E-state index is 12.2. The van der Waals surface area contributed by atoms with E-state index in [0.717, 1.165) is 37.5 Å². The van der Waals surface area contributed by atoms with E-state index in [2.05, 4.69) is 25.4 Å². The Labute approximate surface area is 142 Å². The predicted molar refractivity (Wildman–Crippen MR) is 89.8 cm³/mol. The number of hydrogen-bond donors (Lipinski definition) is 1. The summed E-state index contributed by atoms with van der Waals surface area (Å²) in [7, 11) is 0. The Bertz CT molecular complexity index is 623. The molecule has 1 aliphatic heterocycles. The summed E-state index contributed by atoms with van der Waals surface area (Å²) in [5, 5.41) is 15.2. The van der Waals surface area contributed by atoms with E-state index < -0.39 is 0 Å². The molecule has 1 N–H and O–H groups in total. The van der Waals surface area contributed by atoms with Crippen LogP contribution in [-0.2, 0) is 11.3 Å². The highest BCUT2D eigenvalue weighted by Crippen LogP contribution is 2.24. The summed E-state index contributed by atoms with van der Waals surface area (Å²) in [5.74, 6) is 0.137. The molecule has 1 amide bonds. The third-order valence-corrected chi connectivity index (χ3v) is 5.20. The minimum Gasteiger partial charge on any atom is -0.469 e. The van der Waals surface area contributed by atoms with Gasteiger partial charge < -0.3 is 10.1 Å². The first-order valence-electron chi connectivity index (χ1n) is 7.62. The SMILES string of the molecule is CCOc1nnc(CN2CCC(C(=O)Nc3nccs3)CC2)s1. The normalized spacial score (nSPS) is 16.4. The fourth-order valence-electron chi connectivity index (χ4n) is 2.52. The standard InChI is InChI=1S/C14H19N5O2S2/c1-2-21-14-18-17-11(23-14)9-19-6-3-10(4-7-19)12(20)16-13-15-5-8-22-13/h5,8,10H,2-4,6-7,9H2,1H3,(H,15,16,20). The van der Waals surface area contributed by atoms with Crippen molar-refractivity contribution in [1.29, 1.82) is 0 Å². The molecule has 9 heteroatoms. The van der Waals surface area contributed by atoms with Gasteiger partial charge in [0.25, 0.3) is 5.19 Å². The van der Waals surface area contributed by atoms with E-state index >= 15 is 0 Å². The molecule has 0 unspecified atom stereocenters. The van der Waals surface area contributed by atoms with Crippen molar-refractivity contribution in [1.82, 2.24) is 20.1 Å². The van der Waals surface area contributed by atoms with Crippen LogP contribution in [0.4, 0.5) is 5.13 Å². The molecule has 1 fully saturated rings. The minimum absolute atomic E-state index is 0.0588. The molecule has 0 radical (unpaired) electrons. The Morgan fingerprint density at radius 1 is 1.43 bits per heavy atom. The molecule has 7 nitrogen and oxygen atoms in total. The Balaban J connectivity index is 1.45. The Morgan fingerprint density at radius 2 is 2.26 bits per heavy atom. The maximum atomic E-state index is 12.2. The molecule has 3 heterocycles. The Morgan fingerprint density at radius 3 is 2.96 bits per heavy atom. The highest BCUT2D eigenvalue weighted by molar-refractivity contribution is 7.13. The number of amides is 1. The fraction of sp³-hybridized carbons (Fsp3) is 0.571. The van der Waals surface area contributed by atoms with Gasteiger partial charge in [-0.25, -0.2) is 4.98 Å². The first kappa shape index (κ1) is 16.3. The second kappa shape index (κ2) is 7.80. The molecule has 1 aliphatic rings. The van der Waals surface area contributed by atoms with Crippen molar-refractivity contribution in [2.45, 2.75) is 26.3 Å². The number of nitrogens with one attached hydrogen (secondary N) is 1. The topological polar surface area (TPSA) is 80.2 Å². The zero-order valence-corrected chi connectivity index (χ0v) is 14.5. The van der Waals surface area contributed by atoms with Crippen molar-refractivity contribution < 1.29 is 9.53 Å². The fourth-order valence-corrected chi connectivity index (χ4v) is 3.84. The van der Waals surface area contributed by atoms with Crippen LogP contribution in [0.15, 0.2) is 11.6 Å². The van der Waals surface area contributed by atoms with Crippen LogP contribution < -0.4 is 10.1 Å². The molecule has 2 aromatic heterocycles. The highest BCUT2D eigenvalue weighted by atomic mass is 32.1. The number of rotatable bonds is 6. The quantitative estimate of drug-likeness (QED) is 0.858. The molecule has 23 heavy (non-hydrogen) atoms. The first-order chi connectivity index (χ1) is 11.2. The third kappa shape index (κ3) is 4.46. The summed E-state index contributed by atoms with van der Waals surface area (Å²) in [6.07, 6.45) is 3.41. The summed E-state index contributed by atoms with van der Waals surface area (Å²) >= 11 is 2.93. The van der Waals surface area contributed by atoms with E-state index in [0.29, 0.717) is 16.9 Å². The number of carbonyl (C=O) groups is 1. The second-order valence-corrected chi connectivity index (χ2v) is 7.19. The molecule has 0 spiro atoms. The van der Waals surface area contributed by atoms with E-state index in [1.807, 2.05) is 12.3 Å². The number of likely N-dealkylation sites (tertiary alicyclic amines) is 1. The van der Waals surface area contributed by atoms with Crippen LogP contribution in [0.25, 0.3) is 0 Å². The molecule has 3 rings (SSSR count). The first-order valence-corrected chi connectivity index (χ1v) is 9.32. The van der Waals surface area contributed by atoms with Gasteiger partial charge in [-0.05, 0) is 32.9 Å². The number of carbonyl (C=O) groups excluding carboxylic acids is 1. The van der Waals surface area contributed by atoms with Gasteiger partial charge in [-0.1, -0.05) is 11.3 Å². The van der Waals surface area contributed by atoms with Crippen molar-refractivity contribution in [3.8, 4) is 5.19 Å². The molecular weight excluding hydrogens is 334 g/mol. The number of nitrogens with zero attached hydrogens (tertiary/aromatic N) is 4. The minimum atomic E-state index is 0.0588. The van der Waals surface area contributed by atoms with Gasteiger partial charge in [0.05, 0.1) is 13.2 Å². The van der Waals surface area contributed by atoms with Crippen molar-refractivity contribution >= 4 is 33.7 Å². The van der Waals surface area contributed by atoms with Crippen molar-refractivity contribution in [2.75, 3.05) is 25.0 Å². The highest BCUT2D eigenvalue weighted by Gasteiger charge is 2.26. The molecule has 0 bridgehead atoms. The number of ether oxygens (including phenoxy) is 1. The van der Waals surface area contributed by atoms with Crippen LogP contribution in [0.2, 0.25) is 0 Å². The zero-order chi connectivity index (χ0) is 16.1. The lowest BCUT2D eigenvalue weighted by Gasteiger charge is -2.30. The number of thiazole rings is 1. The smallest absolute Gasteiger partial charge is 0.294 e. The van der Waals surface area contributed by atoms with Crippen LogP contribution in [0.1, 0.15) is 24.8 Å². The van der Waals surface area contributed by atoms with Gasteiger partial charge >= 0.3 is 0 Å². The van der Waals surface area contributed by atoms with E-state index in [-0.39, 0.29) is 11.8 Å². The van der Waals surface area contributed by atoms with Crippen LogP contribution in [-0.4, -0.2) is 45.7 Å². The number of piperidine rings is 1. The molecule has 1 saturated heterocycles. The molecule has 0 aromatic carbocycles. The average Bonchev–Trinajstić information content (AvgIpc) is 3.21. The van der Waals surface area contributed by atoms with E-state index in [4.69, 9.17) is 4.74 Å². The van der Waals surface area contributed by atoms with Gasteiger partial charge in [0, 0.05) is 17.5 Å². The average molecular weight is 353 g/mol. The van der Waals surface area contributed by atoms with Gasteiger partial charge in [0.1, 0.15) is 5.01 Å². The Hall–Kier alpha value is -1.58. The summed E-state index contributed by atoms with van der Waals surface area (Å²) in [6.45, 7) is 5.08. The number of hydrogen-bond acceptors (Lipinski definition) is 8. The van der Waals surface area contributed by atoms with Crippen molar-refractivity contribution in [2.24, 2.45) is 5.92 Å².